The van der Waals surface area contributed by atoms with Gasteiger partial charge in [0.1, 0.15) is 24.5 Å². The smallest absolute Gasteiger partial charge is 0.348 e. The van der Waals surface area contributed by atoms with Crippen molar-refractivity contribution in [1.29, 1.82) is 0 Å². The largest absolute Gasteiger partial charge is 0.493 e. The lowest BCUT2D eigenvalue weighted by Gasteiger charge is -2.24. The fourth-order valence-electron chi connectivity index (χ4n) is 4.10. The third-order valence-corrected chi connectivity index (χ3v) is 5.39. The van der Waals surface area contributed by atoms with Gasteiger partial charge in [-0.3, -0.25) is 0 Å². The first kappa shape index (κ1) is 19.3. The molecule has 0 saturated carbocycles. The standard InChI is InChI=1S/C23H20O8/c1-3-27-23(25)21-17(12-10-15(26-2)20-16(11-12)28-8-9-29-20)18-19(31-21)13-6-4-5-7-14(13)30-22(18)24/h4-7,10-11,17,21H,3,8-9H2,1-2H3/t17-,21-/m0/s1. The van der Waals surface area contributed by atoms with Crippen LogP contribution in [0.5, 0.6) is 23.0 Å². The number of esters is 1. The molecule has 2 aliphatic heterocycles. The maximum Gasteiger partial charge on any atom is 0.348 e. The monoisotopic (exact) mass is 424 g/mol. The van der Waals surface area contributed by atoms with Crippen molar-refractivity contribution in [2.24, 2.45) is 0 Å². The molecule has 2 aliphatic rings. The van der Waals surface area contributed by atoms with E-state index in [0.29, 0.717) is 52.7 Å². The zero-order valence-electron chi connectivity index (χ0n) is 17.0. The van der Waals surface area contributed by atoms with Crippen molar-refractivity contribution in [1.82, 2.24) is 0 Å². The molecule has 1 aromatic heterocycles. The predicted octanol–water partition coefficient (Wildman–Crippen LogP) is 3.03. The summed E-state index contributed by atoms with van der Waals surface area (Å²) in [6.07, 6.45) is -1.06. The summed E-state index contributed by atoms with van der Waals surface area (Å²) in [5.41, 5.74) is 0.671. The molecule has 0 amide bonds. The maximum atomic E-state index is 13.0. The van der Waals surface area contributed by atoms with Gasteiger partial charge in [-0.05, 0) is 36.8 Å². The number of carbonyl (C=O) groups is 1. The van der Waals surface area contributed by atoms with Gasteiger partial charge >= 0.3 is 11.6 Å². The number of ether oxygens (including phenoxy) is 5. The number of benzene rings is 2. The van der Waals surface area contributed by atoms with Crippen molar-refractivity contribution in [3.8, 4) is 23.0 Å². The molecule has 3 heterocycles. The highest BCUT2D eigenvalue weighted by Crippen LogP contribution is 2.48. The highest BCUT2D eigenvalue weighted by Gasteiger charge is 2.45. The van der Waals surface area contributed by atoms with E-state index in [0.717, 1.165) is 0 Å². The minimum Gasteiger partial charge on any atom is -0.493 e. The summed E-state index contributed by atoms with van der Waals surface area (Å²) in [6, 6.07) is 10.5. The van der Waals surface area contributed by atoms with Crippen LogP contribution in [-0.2, 0) is 9.53 Å². The predicted molar refractivity (Wildman–Crippen MR) is 109 cm³/mol. The topological polar surface area (TPSA) is 93.4 Å². The Balaban J connectivity index is 1.74. The van der Waals surface area contributed by atoms with Crippen LogP contribution in [0.1, 0.15) is 24.0 Å². The van der Waals surface area contributed by atoms with E-state index >= 15 is 0 Å². The van der Waals surface area contributed by atoms with E-state index in [1.807, 2.05) is 6.07 Å². The molecule has 0 aliphatic carbocycles. The van der Waals surface area contributed by atoms with E-state index in [1.54, 1.807) is 37.3 Å². The van der Waals surface area contributed by atoms with Gasteiger partial charge in [0.05, 0.1) is 30.6 Å². The molecule has 0 fully saturated rings. The van der Waals surface area contributed by atoms with E-state index in [2.05, 4.69) is 0 Å². The molecule has 3 aromatic rings. The van der Waals surface area contributed by atoms with Gasteiger partial charge in [0.2, 0.25) is 11.9 Å². The second-order valence-electron chi connectivity index (χ2n) is 7.14. The number of fused-ring (bicyclic) bond motifs is 4. The van der Waals surface area contributed by atoms with Crippen LogP contribution in [0.25, 0.3) is 11.0 Å². The van der Waals surface area contributed by atoms with Gasteiger partial charge < -0.3 is 28.1 Å². The van der Waals surface area contributed by atoms with Gasteiger partial charge in [-0.15, -0.1) is 0 Å². The Labute approximate surface area is 177 Å². The van der Waals surface area contributed by atoms with Gasteiger partial charge in [-0.25, -0.2) is 9.59 Å². The first-order valence-electron chi connectivity index (χ1n) is 9.99. The van der Waals surface area contributed by atoms with E-state index in [4.69, 9.17) is 28.1 Å². The molecule has 0 N–H and O–H groups in total. The second-order valence-corrected chi connectivity index (χ2v) is 7.14. The Morgan fingerprint density at radius 2 is 1.94 bits per heavy atom. The quantitative estimate of drug-likeness (QED) is 0.466. The molecule has 160 valence electrons. The van der Waals surface area contributed by atoms with E-state index in [1.165, 1.54) is 7.11 Å². The molecule has 2 aromatic carbocycles. The Morgan fingerprint density at radius 3 is 2.74 bits per heavy atom. The highest BCUT2D eigenvalue weighted by atomic mass is 16.6. The normalized spacial score (nSPS) is 18.9. The molecule has 0 radical (unpaired) electrons. The van der Waals surface area contributed by atoms with Crippen LogP contribution in [0.4, 0.5) is 0 Å². The van der Waals surface area contributed by atoms with Crippen LogP contribution in [-0.4, -0.2) is 39.0 Å². The summed E-state index contributed by atoms with van der Waals surface area (Å²) < 4.78 is 33.7. The molecule has 2 atom stereocenters. The molecule has 8 nitrogen and oxygen atoms in total. The van der Waals surface area contributed by atoms with Crippen molar-refractivity contribution >= 4 is 16.9 Å². The molecule has 5 rings (SSSR count). The summed E-state index contributed by atoms with van der Waals surface area (Å²) in [4.78, 5) is 25.8. The first-order valence-corrected chi connectivity index (χ1v) is 9.99. The second kappa shape index (κ2) is 7.54. The molecule has 0 unspecified atom stereocenters. The molecule has 8 heteroatoms. The van der Waals surface area contributed by atoms with Crippen molar-refractivity contribution in [3.05, 3.63) is 57.9 Å². The number of rotatable bonds is 4. The molecular formula is C23H20O8. The van der Waals surface area contributed by atoms with Crippen LogP contribution in [0, 0.1) is 0 Å². The first-order chi connectivity index (χ1) is 15.1. The van der Waals surface area contributed by atoms with Crippen LogP contribution in [0.2, 0.25) is 0 Å². The van der Waals surface area contributed by atoms with E-state index in [9.17, 15) is 9.59 Å². The number of carbonyl (C=O) groups excluding carboxylic acids is 1. The number of para-hydroxylation sites is 1. The van der Waals surface area contributed by atoms with E-state index in [-0.39, 0.29) is 12.2 Å². The van der Waals surface area contributed by atoms with Gasteiger partial charge in [-0.1, -0.05) is 12.1 Å². The average molecular weight is 424 g/mol. The maximum absolute atomic E-state index is 13.0. The molecule has 0 bridgehead atoms. The molecule has 0 saturated heterocycles. The summed E-state index contributed by atoms with van der Waals surface area (Å²) in [7, 11) is 1.52. The fraction of sp³-hybridized carbons (Fsp3) is 0.304. The van der Waals surface area contributed by atoms with Crippen LogP contribution >= 0.6 is 0 Å². The van der Waals surface area contributed by atoms with Crippen LogP contribution in [0.3, 0.4) is 0 Å². The van der Waals surface area contributed by atoms with Crippen molar-refractivity contribution < 1.29 is 32.9 Å². The number of methoxy groups -OCH3 is 1. The lowest BCUT2D eigenvalue weighted by atomic mass is 9.88. The highest BCUT2D eigenvalue weighted by molar-refractivity contribution is 5.88. The molecule has 31 heavy (non-hydrogen) atoms. The SMILES string of the molecule is CCOC(=O)[C@H]1Oc2c(c(=O)oc3ccccc23)[C@@H]1c1cc(OC)c2c(c1)OCCO2. The van der Waals surface area contributed by atoms with Crippen LogP contribution in [0.15, 0.2) is 45.6 Å². The van der Waals surface area contributed by atoms with Crippen LogP contribution < -0.4 is 24.6 Å². The average Bonchev–Trinajstić information content (AvgIpc) is 3.20. The van der Waals surface area contributed by atoms with Crippen molar-refractivity contribution in [2.45, 2.75) is 18.9 Å². The summed E-state index contributed by atoms with van der Waals surface area (Å²) in [5.74, 6) is 0.384. The lowest BCUT2D eigenvalue weighted by Crippen LogP contribution is -2.32. The number of hydrogen-bond acceptors (Lipinski definition) is 8. The van der Waals surface area contributed by atoms with Gasteiger partial charge in [0, 0.05) is 0 Å². The van der Waals surface area contributed by atoms with Crippen molar-refractivity contribution in [3.63, 3.8) is 0 Å². The Bertz CT molecular complexity index is 1210. The Hall–Kier alpha value is -3.68. The van der Waals surface area contributed by atoms with Crippen molar-refractivity contribution in [2.75, 3.05) is 26.9 Å². The zero-order chi connectivity index (χ0) is 21.5. The van der Waals surface area contributed by atoms with Gasteiger partial charge in [0.25, 0.3) is 0 Å². The minimum atomic E-state index is -1.06. The Kier molecular flexibility index (Phi) is 4.69. The summed E-state index contributed by atoms with van der Waals surface area (Å²) >= 11 is 0. The zero-order valence-corrected chi connectivity index (χ0v) is 17.0. The third-order valence-electron chi connectivity index (χ3n) is 5.39. The van der Waals surface area contributed by atoms with Gasteiger partial charge in [0.15, 0.2) is 11.5 Å². The third kappa shape index (κ3) is 3.06. The molecular weight excluding hydrogens is 404 g/mol. The van der Waals surface area contributed by atoms with Gasteiger partial charge in [-0.2, -0.15) is 0 Å². The number of hydrogen-bond donors (Lipinski definition) is 0. The molecule has 0 spiro atoms. The minimum absolute atomic E-state index is 0.182. The Morgan fingerprint density at radius 1 is 1.13 bits per heavy atom. The fourth-order valence-corrected chi connectivity index (χ4v) is 4.10. The summed E-state index contributed by atoms with van der Waals surface area (Å²) in [5, 5.41) is 0.610. The van der Waals surface area contributed by atoms with E-state index < -0.39 is 23.6 Å². The lowest BCUT2D eigenvalue weighted by molar-refractivity contribution is -0.151. The summed E-state index contributed by atoms with van der Waals surface area (Å²) in [6.45, 7) is 2.68.